The second-order valence-corrected chi connectivity index (χ2v) is 5.67. The van der Waals surface area contributed by atoms with Crippen LogP contribution in [0.3, 0.4) is 0 Å². The lowest BCUT2D eigenvalue weighted by molar-refractivity contribution is 0.104. The van der Waals surface area contributed by atoms with Gasteiger partial charge in [0.05, 0.1) is 5.54 Å². The Bertz CT molecular complexity index is 417. The van der Waals surface area contributed by atoms with Crippen molar-refractivity contribution in [2.24, 2.45) is 5.73 Å². The molecule has 100 valence electrons. The lowest BCUT2D eigenvalue weighted by Gasteiger charge is -2.34. The summed E-state index contributed by atoms with van der Waals surface area (Å²) in [4.78, 5) is 2.13. The smallest absolute Gasteiger partial charge is 0.119 e. The van der Waals surface area contributed by atoms with E-state index in [1.807, 2.05) is 14.1 Å². The largest absolute Gasteiger partial charge is 0.492 e. The van der Waals surface area contributed by atoms with Gasteiger partial charge in [0.1, 0.15) is 12.4 Å². The Morgan fingerprint density at radius 2 is 2.00 bits per heavy atom. The van der Waals surface area contributed by atoms with Crippen LogP contribution in [0.25, 0.3) is 0 Å². The second-order valence-electron chi connectivity index (χ2n) is 5.67. The van der Waals surface area contributed by atoms with Crippen molar-refractivity contribution < 1.29 is 4.74 Å². The minimum Gasteiger partial charge on any atom is -0.492 e. The van der Waals surface area contributed by atoms with Crippen molar-refractivity contribution in [1.82, 2.24) is 4.90 Å². The van der Waals surface area contributed by atoms with Crippen molar-refractivity contribution in [2.45, 2.75) is 31.7 Å². The van der Waals surface area contributed by atoms with Crippen molar-refractivity contribution >= 4 is 0 Å². The third-order valence-corrected chi connectivity index (χ3v) is 4.14. The lowest BCUT2D eigenvalue weighted by atomic mass is 10.0. The average Bonchev–Trinajstić information content (AvgIpc) is 2.82. The summed E-state index contributed by atoms with van der Waals surface area (Å²) in [5.74, 6) is 0.970. The predicted molar refractivity (Wildman–Crippen MR) is 75.1 cm³/mol. The predicted octanol–water partition coefficient (Wildman–Crippen LogP) is 1.83. The number of aryl methyl sites for hydroxylation is 2. The van der Waals surface area contributed by atoms with Crippen molar-refractivity contribution in [3.05, 3.63) is 29.3 Å². The van der Waals surface area contributed by atoms with Gasteiger partial charge in [-0.15, -0.1) is 0 Å². The highest BCUT2D eigenvalue weighted by Crippen LogP contribution is 2.26. The number of rotatable bonds is 5. The molecule has 1 aliphatic rings. The summed E-state index contributed by atoms with van der Waals surface area (Å²) < 4.78 is 5.93. The molecule has 2 rings (SSSR count). The molecule has 0 fully saturated rings. The van der Waals surface area contributed by atoms with Crippen LogP contribution in [-0.4, -0.2) is 37.7 Å². The molecule has 0 radical (unpaired) electrons. The van der Waals surface area contributed by atoms with Crippen LogP contribution < -0.4 is 10.5 Å². The number of likely N-dealkylation sites (N-methyl/N-ethyl adjacent to an activating group) is 1. The molecule has 2 N–H and O–H groups in total. The molecule has 1 aliphatic carbocycles. The summed E-state index contributed by atoms with van der Waals surface area (Å²) in [5, 5.41) is 0. The van der Waals surface area contributed by atoms with Crippen LogP contribution >= 0.6 is 0 Å². The number of nitrogens with zero attached hydrogens (tertiary/aromatic N) is 1. The Morgan fingerprint density at radius 3 is 2.67 bits per heavy atom. The van der Waals surface area contributed by atoms with Crippen LogP contribution in [0, 0.1) is 0 Å². The molecular weight excluding hydrogens is 224 g/mol. The van der Waals surface area contributed by atoms with Crippen LogP contribution in [0.5, 0.6) is 5.75 Å². The maximum Gasteiger partial charge on any atom is 0.119 e. The van der Waals surface area contributed by atoms with E-state index in [0.717, 1.165) is 5.75 Å². The zero-order valence-corrected chi connectivity index (χ0v) is 11.7. The van der Waals surface area contributed by atoms with Crippen LogP contribution in [0.15, 0.2) is 18.2 Å². The van der Waals surface area contributed by atoms with Crippen molar-refractivity contribution in [3.8, 4) is 5.75 Å². The molecule has 1 aromatic carbocycles. The van der Waals surface area contributed by atoms with E-state index in [2.05, 4.69) is 30.0 Å². The van der Waals surface area contributed by atoms with Gasteiger partial charge < -0.3 is 10.5 Å². The summed E-state index contributed by atoms with van der Waals surface area (Å²) >= 11 is 0. The first-order chi connectivity index (χ1) is 8.55. The van der Waals surface area contributed by atoms with E-state index < -0.39 is 0 Å². The van der Waals surface area contributed by atoms with E-state index in [9.17, 15) is 0 Å². The molecule has 0 bridgehead atoms. The fraction of sp³-hybridized carbons (Fsp3) is 0.600. The lowest BCUT2D eigenvalue weighted by Crippen LogP contribution is -2.52. The Hall–Kier alpha value is -1.06. The molecule has 0 heterocycles. The SMILES string of the molecule is CN(C)C(C)(CN)COc1ccc2c(c1)CCC2. The zero-order valence-electron chi connectivity index (χ0n) is 11.7. The third-order valence-electron chi connectivity index (χ3n) is 4.14. The number of hydrogen-bond acceptors (Lipinski definition) is 3. The molecule has 0 amide bonds. The first-order valence-electron chi connectivity index (χ1n) is 6.67. The summed E-state index contributed by atoms with van der Waals surface area (Å²) in [7, 11) is 4.08. The highest BCUT2D eigenvalue weighted by molar-refractivity contribution is 5.38. The Balaban J connectivity index is 2.02. The van der Waals surface area contributed by atoms with Gasteiger partial charge in [-0.2, -0.15) is 0 Å². The molecule has 18 heavy (non-hydrogen) atoms. The first-order valence-corrected chi connectivity index (χ1v) is 6.67. The molecule has 1 atom stereocenters. The molecule has 0 aliphatic heterocycles. The summed E-state index contributed by atoms with van der Waals surface area (Å²) in [6.07, 6.45) is 3.68. The van der Waals surface area contributed by atoms with Crippen LogP contribution in [0.1, 0.15) is 24.5 Å². The second kappa shape index (κ2) is 5.29. The average molecular weight is 248 g/mol. The maximum atomic E-state index is 5.93. The topological polar surface area (TPSA) is 38.5 Å². The minimum atomic E-state index is -0.112. The molecule has 0 saturated carbocycles. The van der Waals surface area contributed by atoms with Crippen molar-refractivity contribution in [2.75, 3.05) is 27.2 Å². The van der Waals surface area contributed by atoms with E-state index in [0.29, 0.717) is 13.2 Å². The standard InChI is InChI=1S/C15H24N2O/c1-15(10-16,17(2)3)11-18-14-8-7-12-5-4-6-13(12)9-14/h7-9H,4-6,10-11,16H2,1-3H3. The normalized spacial score (nSPS) is 17.6. The number of benzene rings is 1. The Kier molecular flexibility index (Phi) is 3.93. The molecule has 0 aromatic heterocycles. The molecule has 3 nitrogen and oxygen atoms in total. The molecule has 0 spiro atoms. The maximum absolute atomic E-state index is 5.93. The Morgan fingerprint density at radius 1 is 1.28 bits per heavy atom. The summed E-state index contributed by atoms with van der Waals surface area (Å²) in [5.41, 5.74) is 8.66. The quantitative estimate of drug-likeness (QED) is 0.864. The molecule has 0 saturated heterocycles. The van der Waals surface area contributed by atoms with Crippen molar-refractivity contribution in [3.63, 3.8) is 0 Å². The monoisotopic (exact) mass is 248 g/mol. The number of nitrogens with two attached hydrogens (primary N) is 1. The van der Waals surface area contributed by atoms with Gasteiger partial charge in [-0.05, 0) is 63.5 Å². The third kappa shape index (κ3) is 2.68. The fourth-order valence-corrected chi connectivity index (χ4v) is 2.25. The van der Waals surface area contributed by atoms with Crippen LogP contribution in [0.4, 0.5) is 0 Å². The highest BCUT2D eigenvalue weighted by atomic mass is 16.5. The number of ether oxygens (including phenoxy) is 1. The van der Waals surface area contributed by atoms with Crippen LogP contribution in [0.2, 0.25) is 0 Å². The van der Waals surface area contributed by atoms with Gasteiger partial charge in [0, 0.05) is 6.54 Å². The van der Waals surface area contributed by atoms with E-state index in [4.69, 9.17) is 10.5 Å². The molecule has 3 heteroatoms. The first kappa shape index (κ1) is 13.4. The van der Waals surface area contributed by atoms with E-state index in [-0.39, 0.29) is 5.54 Å². The highest BCUT2D eigenvalue weighted by Gasteiger charge is 2.26. The van der Waals surface area contributed by atoms with Crippen molar-refractivity contribution in [1.29, 1.82) is 0 Å². The van der Waals surface area contributed by atoms with Gasteiger partial charge in [0.2, 0.25) is 0 Å². The van der Waals surface area contributed by atoms with Gasteiger partial charge >= 0.3 is 0 Å². The number of hydrogen-bond donors (Lipinski definition) is 1. The van der Waals surface area contributed by atoms with Gasteiger partial charge in [-0.25, -0.2) is 0 Å². The zero-order chi connectivity index (χ0) is 13.2. The van der Waals surface area contributed by atoms with E-state index >= 15 is 0 Å². The van der Waals surface area contributed by atoms with Gasteiger partial charge in [-0.3, -0.25) is 4.90 Å². The molecular formula is C15H24N2O. The minimum absolute atomic E-state index is 0.112. The van der Waals surface area contributed by atoms with Gasteiger partial charge in [0.25, 0.3) is 0 Å². The fourth-order valence-electron chi connectivity index (χ4n) is 2.25. The molecule has 1 aromatic rings. The Labute approximate surface area is 110 Å². The number of fused-ring (bicyclic) bond motifs is 1. The summed E-state index contributed by atoms with van der Waals surface area (Å²) in [6, 6.07) is 6.47. The van der Waals surface area contributed by atoms with Gasteiger partial charge in [-0.1, -0.05) is 6.07 Å². The van der Waals surface area contributed by atoms with E-state index in [1.165, 1.54) is 30.4 Å². The molecule has 1 unspecified atom stereocenters. The van der Waals surface area contributed by atoms with Gasteiger partial charge in [0.15, 0.2) is 0 Å². The van der Waals surface area contributed by atoms with E-state index in [1.54, 1.807) is 0 Å². The van der Waals surface area contributed by atoms with Crippen LogP contribution in [-0.2, 0) is 12.8 Å². The summed E-state index contributed by atoms with van der Waals surface area (Å²) in [6.45, 7) is 3.33.